The number of allylic oxidation sites excluding steroid dienone is 5. The summed E-state index contributed by atoms with van der Waals surface area (Å²) in [5.74, 6) is 0. The van der Waals surface area contributed by atoms with Gasteiger partial charge in [0.2, 0.25) is 0 Å². The van der Waals surface area contributed by atoms with Crippen LogP contribution in [0, 0.1) is 0 Å². The van der Waals surface area contributed by atoms with Crippen molar-refractivity contribution in [2.45, 2.75) is 91.6 Å². The van der Waals surface area contributed by atoms with Crippen molar-refractivity contribution < 1.29 is 15.1 Å². The average molecular weight is 711 g/mol. The van der Waals surface area contributed by atoms with E-state index >= 15 is 0 Å². The maximum atomic E-state index is 5.89. The molecule has 216 valence electrons. The standard InChI is InChI=1S/C21H25.C6H5.C5H5.C5H9.2CH3.CH2.Hf/c1-20(2,3)16-7-9-18-14(12-16)11-15-13-17(21(4,5)6)8-10-19(15)18;1-2-4-6-5-3-1;1-2-4-5-3-1;1-3-5-4-2;;;;/h7-10,12H,11H2,1-6H3;1-5H;1-3H,4H2;3H,1-2,4-5H2;2*1H3;1H2;. The Labute approximate surface area is 244 Å². The molecule has 0 spiro atoms. The summed E-state index contributed by atoms with van der Waals surface area (Å²) >= 11 is -5.77. The van der Waals surface area contributed by atoms with Gasteiger partial charge in [-0.1, -0.05) is 0 Å². The molecule has 1 heteroatoms. The predicted molar refractivity (Wildman–Crippen MR) is 183 cm³/mol. The van der Waals surface area contributed by atoms with Gasteiger partial charge in [-0.2, -0.15) is 0 Å². The van der Waals surface area contributed by atoms with Crippen molar-refractivity contribution in [2.75, 3.05) is 0 Å². The van der Waals surface area contributed by atoms with E-state index in [0.717, 1.165) is 29.9 Å². The Balaban J connectivity index is 2.02. The molecule has 0 amide bonds. The Hall–Kier alpha value is -2.38. The summed E-state index contributed by atoms with van der Waals surface area (Å²) in [4.78, 5) is 0. The van der Waals surface area contributed by atoms with E-state index in [1.807, 2.05) is 0 Å². The van der Waals surface area contributed by atoms with E-state index in [1.54, 1.807) is 6.65 Å². The Morgan fingerprint density at radius 1 is 0.854 bits per heavy atom. The summed E-state index contributed by atoms with van der Waals surface area (Å²) in [6.07, 6.45) is 13.2. The van der Waals surface area contributed by atoms with Crippen LogP contribution < -0.4 is 6.64 Å². The van der Waals surface area contributed by atoms with Crippen LogP contribution in [0.3, 0.4) is 0 Å². The van der Waals surface area contributed by atoms with Gasteiger partial charge in [-0.15, -0.1) is 0 Å². The topological polar surface area (TPSA) is 0 Å². The summed E-state index contributed by atoms with van der Waals surface area (Å²) in [7, 11) is 0. The molecular formula is C40H52Hf. The molecular weight excluding hydrogens is 659 g/mol. The van der Waals surface area contributed by atoms with E-state index in [4.69, 9.17) is 4.26 Å². The van der Waals surface area contributed by atoms with Gasteiger partial charge in [0.1, 0.15) is 0 Å². The molecule has 0 unspecified atom stereocenters. The SMILES string of the molecule is C=CCC[CH2][Hf](=[CH2])([CH3])([CH3])([C]1=CC=CC1)([c]1ccccc1)[c]1c(C(C)(C)C)ccc2c1Cc1cc(C(C)(C)C)ccc1-2. The molecule has 0 aromatic heterocycles. The van der Waals surface area contributed by atoms with Crippen molar-refractivity contribution in [1.29, 1.82) is 0 Å². The number of benzene rings is 3. The fourth-order valence-corrected chi connectivity index (χ4v) is 45.8. The van der Waals surface area contributed by atoms with E-state index in [-0.39, 0.29) is 10.8 Å². The van der Waals surface area contributed by atoms with E-state index in [0.29, 0.717) is 0 Å². The Kier molecular flexibility index (Phi) is 6.31. The fraction of sp³-hybridized carbons (Fsp3) is 0.375. The molecule has 0 bridgehead atoms. The predicted octanol–water partition coefficient (Wildman–Crippen LogP) is 10.3. The van der Waals surface area contributed by atoms with Crippen LogP contribution in [0.2, 0.25) is 13.5 Å². The molecule has 2 aliphatic rings. The van der Waals surface area contributed by atoms with Gasteiger partial charge < -0.3 is 0 Å². The van der Waals surface area contributed by atoms with E-state index in [2.05, 4.69) is 142 Å². The number of fused-ring (bicyclic) bond motifs is 3. The number of unbranched alkanes of at least 4 members (excludes halogenated alkanes) is 1. The van der Waals surface area contributed by atoms with Gasteiger partial charge in [0.15, 0.2) is 0 Å². The van der Waals surface area contributed by atoms with Crippen LogP contribution in [0.15, 0.2) is 94.9 Å². The van der Waals surface area contributed by atoms with E-state index in [1.165, 1.54) is 36.7 Å². The molecule has 0 saturated carbocycles. The van der Waals surface area contributed by atoms with Crippen molar-refractivity contribution in [2.24, 2.45) is 0 Å². The first kappa shape index (κ1) is 30.1. The zero-order valence-electron chi connectivity index (χ0n) is 27.0. The molecule has 0 radical (unpaired) electrons. The maximum absolute atomic E-state index is 5.89. The van der Waals surface area contributed by atoms with Crippen molar-refractivity contribution in [3.8, 4) is 11.1 Å². The average Bonchev–Trinajstić information content (AvgIpc) is 3.57. The van der Waals surface area contributed by atoms with Crippen LogP contribution in [0.1, 0.15) is 83.1 Å². The molecule has 0 nitrogen and oxygen atoms in total. The van der Waals surface area contributed by atoms with Crippen LogP contribution in [0.25, 0.3) is 11.1 Å². The molecule has 0 aliphatic heterocycles. The summed E-state index contributed by atoms with van der Waals surface area (Å²) in [6, 6.07) is 23.7. The fourth-order valence-electron chi connectivity index (χ4n) is 8.98. The number of hydrogen-bond acceptors (Lipinski definition) is 0. The zero-order chi connectivity index (χ0) is 30.0. The number of hydrogen-bond donors (Lipinski definition) is 0. The van der Waals surface area contributed by atoms with E-state index < -0.39 is 15.1 Å². The van der Waals surface area contributed by atoms with Gasteiger partial charge in [-0.3, -0.25) is 0 Å². The molecule has 0 saturated heterocycles. The molecule has 0 N–H and O–H groups in total. The minimum atomic E-state index is -5.77. The Bertz CT molecular complexity index is 1750. The van der Waals surface area contributed by atoms with Gasteiger partial charge in [-0.05, 0) is 0 Å². The van der Waals surface area contributed by atoms with Gasteiger partial charge >= 0.3 is 246 Å². The summed E-state index contributed by atoms with van der Waals surface area (Å²) in [5, 5.41) is 0. The van der Waals surface area contributed by atoms with Crippen LogP contribution in [-0.2, 0) is 32.3 Å². The number of rotatable bonds is 7. The first-order valence-electron chi connectivity index (χ1n) is 15.8. The zero-order valence-corrected chi connectivity index (χ0v) is 30.6. The second kappa shape index (κ2) is 8.59. The van der Waals surface area contributed by atoms with Gasteiger partial charge in [0, 0.05) is 0 Å². The summed E-state index contributed by atoms with van der Waals surface area (Å²) in [6.45, 7) is 18.3. The second-order valence-corrected chi connectivity index (χ2v) is 62.2. The molecule has 41 heavy (non-hydrogen) atoms. The third-order valence-electron chi connectivity index (χ3n) is 11.7. The van der Waals surface area contributed by atoms with Crippen LogP contribution >= 0.6 is 0 Å². The van der Waals surface area contributed by atoms with Gasteiger partial charge in [-0.25, -0.2) is 0 Å². The summed E-state index contributed by atoms with van der Waals surface area (Å²) in [5.41, 5.74) is 8.77. The first-order valence-corrected chi connectivity index (χ1v) is 33.4. The normalized spacial score (nSPS) is 17.6. The quantitative estimate of drug-likeness (QED) is 0.102. The van der Waals surface area contributed by atoms with Crippen LogP contribution in [0.5, 0.6) is 0 Å². The summed E-state index contributed by atoms with van der Waals surface area (Å²) < 4.78 is 17.0. The molecule has 0 heterocycles. The molecule has 2 aliphatic carbocycles. The monoisotopic (exact) mass is 712 g/mol. The molecule has 0 atom stereocenters. The van der Waals surface area contributed by atoms with Gasteiger partial charge in [0.25, 0.3) is 0 Å². The third kappa shape index (κ3) is 4.12. The molecule has 5 rings (SSSR count). The molecule has 3 aromatic carbocycles. The molecule has 3 aromatic rings. The van der Waals surface area contributed by atoms with Crippen molar-refractivity contribution in [1.82, 2.24) is 0 Å². The van der Waals surface area contributed by atoms with Gasteiger partial charge in [0.05, 0.1) is 0 Å². The van der Waals surface area contributed by atoms with Crippen molar-refractivity contribution in [3.63, 3.8) is 0 Å². The van der Waals surface area contributed by atoms with E-state index in [9.17, 15) is 0 Å². The molecule has 0 fully saturated rings. The Morgan fingerprint density at radius 2 is 1.54 bits per heavy atom. The first-order chi connectivity index (χ1) is 18.9. The minimum absolute atomic E-state index is 0.0362. The van der Waals surface area contributed by atoms with Crippen molar-refractivity contribution >= 4 is 10.9 Å². The third-order valence-corrected chi connectivity index (χ3v) is 52.4. The van der Waals surface area contributed by atoms with Crippen LogP contribution in [-0.4, -0.2) is 4.26 Å². The Morgan fingerprint density at radius 3 is 2.12 bits per heavy atom. The second-order valence-electron chi connectivity index (χ2n) is 17.5. The van der Waals surface area contributed by atoms with Crippen molar-refractivity contribution in [3.05, 3.63) is 117 Å². The van der Waals surface area contributed by atoms with Crippen LogP contribution in [0.4, 0.5) is 0 Å².